The second-order valence-corrected chi connectivity index (χ2v) is 8.09. The van der Waals surface area contributed by atoms with Gasteiger partial charge in [-0.2, -0.15) is 0 Å². The highest BCUT2D eigenvalue weighted by atomic mass is 19.2. The molecule has 0 N–H and O–H groups in total. The van der Waals surface area contributed by atoms with Gasteiger partial charge in [-0.3, -0.25) is 4.79 Å². The summed E-state index contributed by atoms with van der Waals surface area (Å²) in [6, 6.07) is 7.60. The van der Waals surface area contributed by atoms with Crippen molar-refractivity contribution in [2.24, 2.45) is 11.8 Å². The number of carbonyl (C=O) groups is 1. The summed E-state index contributed by atoms with van der Waals surface area (Å²) in [6.45, 7) is 7.52. The van der Waals surface area contributed by atoms with Crippen LogP contribution in [0.3, 0.4) is 0 Å². The predicted octanol–water partition coefficient (Wildman–Crippen LogP) is 7.15. The first kappa shape index (κ1) is 23.4. The second kappa shape index (κ2) is 9.10. The zero-order chi connectivity index (χ0) is 23.7. The van der Waals surface area contributed by atoms with E-state index in [-0.39, 0.29) is 28.9 Å². The second-order valence-electron chi connectivity index (χ2n) is 8.09. The first-order valence-electron chi connectivity index (χ1n) is 10.1. The molecule has 7 heteroatoms. The van der Waals surface area contributed by atoms with Crippen LogP contribution in [0.25, 0.3) is 0 Å². The van der Waals surface area contributed by atoms with Crippen LogP contribution < -0.4 is 4.90 Å². The molecule has 0 aromatic heterocycles. The van der Waals surface area contributed by atoms with Crippen LogP contribution in [-0.2, 0) is 4.79 Å². The maximum Gasteiger partial charge on any atom is 0.200 e. The molecule has 3 rings (SSSR count). The van der Waals surface area contributed by atoms with Crippen molar-refractivity contribution >= 4 is 17.2 Å². The normalized spacial score (nSPS) is 15.5. The van der Waals surface area contributed by atoms with Gasteiger partial charge in [0.1, 0.15) is 5.69 Å². The van der Waals surface area contributed by atoms with Gasteiger partial charge in [0.15, 0.2) is 29.1 Å². The van der Waals surface area contributed by atoms with E-state index in [9.17, 15) is 26.7 Å². The Morgan fingerprint density at radius 1 is 0.750 bits per heavy atom. The van der Waals surface area contributed by atoms with E-state index < -0.39 is 34.8 Å². The largest absolute Gasteiger partial charge is 0.311 e. The number of para-hydroxylation sites is 1. The molecule has 0 unspecified atom stereocenters. The van der Waals surface area contributed by atoms with Gasteiger partial charge in [0.25, 0.3) is 0 Å². The lowest BCUT2D eigenvalue weighted by Crippen LogP contribution is -2.21. The summed E-state index contributed by atoms with van der Waals surface area (Å²) in [5.74, 6) is -10.8. The molecular weight excluding hydrogens is 425 g/mol. The van der Waals surface area contributed by atoms with Crippen LogP contribution in [0, 0.1) is 40.9 Å². The Hall–Kier alpha value is -3.22. The molecule has 0 atom stereocenters. The van der Waals surface area contributed by atoms with Gasteiger partial charge in [-0.15, -0.1) is 0 Å². The minimum atomic E-state index is -2.25. The van der Waals surface area contributed by atoms with E-state index >= 15 is 0 Å². The molecule has 0 bridgehead atoms. The molecule has 0 saturated heterocycles. The molecule has 0 saturated carbocycles. The number of ketones is 1. The summed E-state index contributed by atoms with van der Waals surface area (Å²) >= 11 is 0. The first-order valence-corrected chi connectivity index (χ1v) is 10.1. The van der Waals surface area contributed by atoms with Crippen molar-refractivity contribution in [2.75, 3.05) is 4.90 Å². The van der Waals surface area contributed by atoms with Crippen LogP contribution in [0.15, 0.2) is 65.4 Å². The molecule has 0 amide bonds. The smallest absolute Gasteiger partial charge is 0.200 e. The number of carbonyl (C=O) groups excluding carboxylic acids is 1. The Labute approximate surface area is 183 Å². The first-order chi connectivity index (χ1) is 15.0. The summed E-state index contributed by atoms with van der Waals surface area (Å²) in [4.78, 5) is 13.9. The summed E-state index contributed by atoms with van der Waals surface area (Å²) in [5.41, 5.74) is 0.342. The van der Waals surface area contributed by atoms with Crippen molar-refractivity contribution < 1.29 is 26.7 Å². The van der Waals surface area contributed by atoms with Gasteiger partial charge in [0.2, 0.25) is 5.82 Å². The Bertz CT molecular complexity index is 1120. The lowest BCUT2D eigenvalue weighted by Gasteiger charge is -2.26. The van der Waals surface area contributed by atoms with Crippen molar-refractivity contribution in [3.8, 4) is 0 Å². The van der Waals surface area contributed by atoms with Crippen molar-refractivity contribution in [2.45, 2.75) is 27.7 Å². The van der Waals surface area contributed by atoms with E-state index in [1.54, 1.807) is 30.4 Å². The van der Waals surface area contributed by atoms with Gasteiger partial charge in [-0.05, 0) is 35.6 Å². The van der Waals surface area contributed by atoms with Gasteiger partial charge in [-0.25, -0.2) is 22.0 Å². The van der Waals surface area contributed by atoms with Gasteiger partial charge in [0, 0.05) is 23.0 Å². The quantitative estimate of drug-likeness (QED) is 0.210. The number of Topliss-reactive ketones (excluding diaryl/α,β-unsaturated/α-hetero) is 1. The van der Waals surface area contributed by atoms with Gasteiger partial charge in [-0.1, -0.05) is 52.0 Å². The molecule has 0 fully saturated rings. The molecule has 0 heterocycles. The molecule has 2 nitrogen and oxygen atoms in total. The van der Waals surface area contributed by atoms with Crippen LogP contribution in [0.1, 0.15) is 27.7 Å². The third-order valence-electron chi connectivity index (χ3n) is 5.19. The van der Waals surface area contributed by atoms with Crippen LogP contribution in [-0.4, -0.2) is 5.78 Å². The molecule has 2 aromatic carbocycles. The standard InChI is InChI=1S/C25H22F5NO/c1-13(2)15-10-16(25(32)18(11-15)14(3)4)12-31(17-8-6-5-7-9-17)24-22(29)20(27)19(26)21(28)23(24)30/h5-14H,1-4H3. The average Bonchev–Trinajstić information content (AvgIpc) is 2.77. The molecule has 32 heavy (non-hydrogen) atoms. The van der Waals surface area contributed by atoms with E-state index in [4.69, 9.17) is 0 Å². The Morgan fingerprint density at radius 3 is 1.78 bits per heavy atom. The minimum Gasteiger partial charge on any atom is -0.311 e. The monoisotopic (exact) mass is 447 g/mol. The highest BCUT2D eigenvalue weighted by molar-refractivity contribution is 6.12. The van der Waals surface area contributed by atoms with E-state index in [1.807, 2.05) is 27.7 Å². The molecule has 168 valence electrons. The van der Waals surface area contributed by atoms with Crippen LogP contribution in [0.4, 0.5) is 33.3 Å². The SMILES string of the molecule is CC(C)C1=CC(=CN(c2ccccc2)c2c(F)c(F)c(F)c(F)c2F)C(=O)C(C(C)C)=C1. The number of halogens is 5. The fraction of sp³-hybridized carbons (Fsp3) is 0.240. The van der Waals surface area contributed by atoms with Crippen molar-refractivity contribution in [3.05, 3.63) is 94.5 Å². The number of rotatable bonds is 5. The third-order valence-corrected chi connectivity index (χ3v) is 5.19. The number of allylic oxidation sites excluding steroid dienone is 5. The van der Waals surface area contributed by atoms with Crippen molar-refractivity contribution in [1.29, 1.82) is 0 Å². The van der Waals surface area contributed by atoms with Crippen molar-refractivity contribution in [3.63, 3.8) is 0 Å². The van der Waals surface area contributed by atoms with Gasteiger partial charge in [0.05, 0.1) is 0 Å². The Morgan fingerprint density at radius 2 is 1.28 bits per heavy atom. The fourth-order valence-electron chi connectivity index (χ4n) is 3.36. The minimum absolute atomic E-state index is 0.0413. The number of nitrogens with zero attached hydrogens (tertiary/aromatic N) is 1. The van der Waals surface area contributed by atoms with Gasteiger partial charge < -0.3 is 4.90 Å². The average molecular weight is 447 g/mol. The molecule has 0 aliphatic heterocycles. The highest BCUT2D eigenvalue weighted by Crippen LogP contribution is 2.37. The molecule has 2 aromatic rings. The van der Waals surface area contributed by atoms with E-state index in [1.165, 1.54) is 12.1 Å². The molecule has 0 radical (unpaired) electrons. The van der Waals surface area contributed by atoms with Crippen LogP contribution in [0.2, 0.25) is 0 Å². The van der Waals surface area contributed by atoms with E-state index in [2.05, 4.69) is 0 Å². The number of hydrogen-bond donors (Lipinski definition) is 0. The van der Waals surface area contributed by atoms with Gasteiger partial charge >= 0.3 is 0 Å². The van der Waals surface area contributed by atoms with E-state index in [0.29, 0.717) is 5.57 Å². The summed E-state index contributed by atoms with van der Waals surface area (Å²) < 4.78 is 71.0. The third kappa shape index (κ3) is 4.24. The number of benzene rings is 2. The zero-order valence-electron chi connectivity index (χ0n) is 18.0. The molecular formula is C25H22F5NO. The lowest BCUT2D eigenvalue weighted by atomic mass is 9.84. The Balaban J connectivity index is 2.30. The van der Waals surface area contributed by atoms with E-state index in [0.717, 1.165) is 16.7 Å². The molecule has 0 spiro atoms. The topological polar surface area (TPSA) is 20.3 Å². The highest BCUT2D eigenvalue weighted by Gasteiger charge is 2.31. The summed E-state index contributed by atoms with van der Waals surface area (Å²) in [7, 11) is 0. The maximum absolute atomic E-state index is 14.7. The molecule has 1 aliphatic carbocycles. The lowest BCUT2D eigenvalue weighted by molar-refractivity contribution is -0.112. The predicted molar refractivity (Wildman–Crippen MR) is 114 cm³/mol. The molecule has 1 aliphatic rings. The summed E-state index contributed by atoms with van der Waals surface area (Å²) in [5, 5.41) is 0. The maximum atomic E-state index is 14.7. The number of hydrogen-bond acceptors (Lipinski definition) is 2. The van der Waals surface area contributed by atoms with Crippen LogP contribution >= 0.6 is 0 Å². The summed E-state index contributed by atoms with van der Waals surface area (Å²) in [6.07, 6.45) is 4.47. The zero-order valence-corrected chi connectivity index (χ0v) is 18.0. The Kier molecular flexibility index (Phi) is 6.67. The fourth-order valence-corrected chi connectivity index (χ4v) is 3.36. The van der Waals surface area contributed by atoms with Crippen molar-refractivity contribution in [1.82, 2.24) is 0 Å². The van der Waals surface area contributed by atoms with Crippen LogP contribution in [0.5, 0.6) is 0 Å². The number of anilines is 2.